The Balaban J connectivity index is 1.67. The van der Waals surface area contributed by atoms with E-state index in [9.17, 15) is 4.79 Å². The average molecular weight is 397 g/mol. The molecule has 0 bridgehead atoms. The number of nitrogens with zero attached hydrogens (tertiary/aromatic N) is 2. The number of hydrogen-bond acceptors (Lipinski definition) is 3. The predicted octanol–water partition coefficient (Wildman–Crippen LogP) is 4.28. The number of nitrogens with one attached hydrogen (secondary N) is 1. The minimum absolute atomic E-state index is 0.148. The highest BCUT2D eigenvalue weighted by Gasteiger charge is 2.09. The van der Waals surface area contributed by atoms with Gasteiger partial charge in [-0.15, -0.1) is 11.3 Å². The van der Waals surface area contributed by atoms with Gasteiger partial charge in [0.1, 0.15) is 0 Å². The number of carbonyl (C=O) groups excluding carboxylic acids is 1. The molecule has 4 nitrogen and oxygen atoms in total. The molecular formula is C15H11BrClN3OS. The second kappa shape index (κ2) is 6.64. The molecule has 1 amide bonds. The molecule has 0 spiro atoms. The van der Waals surface area contributed by atoms with Gasteiger partial charge in [0.05, 0.1) is 24.0 Å². The predicted molar refractivity (Wildman–Crippen MR) is 91.8 cm³/mol. The maximum absolute atomic E-state index is 12.1. The molecule has 0 saturated heterocycles. The normalized spacial score (nSPS) is 10.6. The quantitative estimate of drug-likeness (QED) is 0.715. The third-order valence-corrected chi connectivity index (χ3v) is 4.93. The Labute approximate surface area is 144 Å². The largest absolute Gasteiger partial charge is 0.347 e. The Morgan fingerprint density at radius 3 is 2.82 bits per heavy atom. The van der Waals surface area contributed by atoms with Crippen LogP contribution in [0.3, 0.4) is 0 Å². The molecule has 2 aromatic heterocycles. The van der Waals surface area contributed by atoms with Gasteiger partial charge in [0.15, 0.2) is 0 Å². The summed E-state index contributed by atoms with van der Waals surface area (Å²) in [6, 6.07) is 9.25. The topological polar surface area (TPSA) is 46.9 Å². The van der Waals surface area contributed by atoms with Crippen LogP contribution in [0.5, 0.6) is 0 Å². The molecule has 0 radical (unpaired) electrons. The zero-order valence-corrected chi connectivity index (χ0v) is 14.5. The molecule has 3 rings (SSSR count). The summed E-state index contributed by atoms with van der Waals surface area (Å²) >= 11 is 10.8. The van der Waals surface area contributed by atoms with E-state index < -0.39 is 0 Å². The van der Waals surface area contributed by atoms with Gasteiger partial charge in [-0.3, -0.25) is 4.79 Å². The molecule has 0 unspecified atom stereocenters. The van der Waals surface area contributed by atoms with Crippen molar-refractivity contribution in [2.24, 2.45) is 0 Å². The van der Waals surface area contributed by atoms with Gasteiger partial charge in [0.25, 0.3) is 5.91 Å². The number of hydrogen-bond donors (Lipinski definition) is 1. The highest BCUT2D eigenvalue weighted by molar-refractivity contribution is 9.10. The molecule has 0 aliphatic rings. The van der Waals surface area contributed by atoms with Crippen LogP contribution in [0.2, 0.25) is 5.02 Å². The number of benzene rings is 1. The van der Waals surface area contributed by atoms with Crippen molar-refractivity contribution in [1.29, 1.82) is 0 Å². The molecule has 112 valence electrons. The fraction of sp³-hybridized carbons (Fsp3) is 0.0667. The van der Waals surface area contributed by atoms with E-state index in [2.05, 4.69) is 26.3 Å². The van der Waals surface area contributed by atoms with Crippen molar-refractivity contribution in [2.45, 2.75) is 6.54 Å². The van der Waals surface area contributed by atoms with Crippen molar-refractivity contribution in [3.8, 4) is 5.69 Å². The Bertz CT molecular complexity index is 797. The van der Waals surface area contributed by atoms with Gasteiger partial charge in [-0.1, -0.05) is 11.6 Å². The number of thiophene rings is 1. The smallest absolute Gasteiger partial charge is 0.254 e. The lowest BCUT2D eigenvalue weighted by molar-refractivity contribution is 0.0951. The van der Waals surface area contributed by atoms with Crippen molar-refractivity contribution >= 4 is 44.8 Å². The Hall–Kier alpha value is -1.63. The third kappa shape index (κ3) is 3.58. The first-order valence-corrected chi connectivity index (χ1v) is 8.48. The summed E-state index contributed by atoms with van der Waals surface area (Å²) in [5.74, 6) is -0.148. The van der Waals surface area contributed by atoms with Crippen LogP contribution < -0.4 is 5.32 Å². The molecule has 22 heavy (non-hydrogen) atoms. The highest BCUT2D eigenvalue weighted by Crippen LogP contribution is 2.19. The van der Waals surface area contributed by atoms with E-state index in [-0.39, 0.29) is 5.91 Å². The summed E-state index contributed by atoms with van der Waals surface area (Å²) in [6.07, 6.45) is 3.25. The molecule has 0 fully saturated rings. The van der Waals surface area contributed by atoms with E-state index in [1.165, 1.54) is 0 Å². The van der Waals surface area contributed by atoms with Crippen LogP contribution in [0.25, 0.3) is 5.69 Å². The summed E-state index contributed by atoms with van der Waals surface area (Å²) in [4.78, 5) is 13.2. The van der Waals surface area contributed by atoms with Crippen molar-refractivity contribution in [2.75, 3.05) is 0 Å². The van der Waals surface area contributed by atoms with Gasteiger partial charge in [-0.2, -0.15) is 5.10 Å². The SMILES string of the molecule is O=C(NCc1cc(Br)cs1)c1cnn(-c2ccc(Cl)cc2)c1. The van der Waals surface area contributed by atoms with Crippen LogP contribution in [0.15, 0.2) is 52.6 Å². The lowest BCUT2D eigenvalue weighted by Crippen LogP contribution is -2.21. The van der Waals surface area contributed by atoms with Crippen molar-refractivity contribution in [3.63, 3.8) is 0 Å². The van der Waals surface area contributed by atoms with E-state index in [1.54, 1.807) is 40.5 Å². The fourth-order valence-corrected chi connectivity index (χ4v) is 3.41. The molecule has 0 aliphatic carbocycles. The highest BCUT2D eigenvalue weighted by atomic mass is 79.9. The van der Waals surface area contributed by atoms with Crippen LogP contribution in [-0.4, -0.2) is 15.7 Å². The van der Waals surface area contributed by atoms with Crippen molar-refractivity contribution in [3.05, 3.63) is 68.0 Å². The monoisotopic (exact) mass is 395 g/mol. The van der Waals surface area contributed by atoms with Crippen LogP contribution >= 0.6 is 38.9 Å². The van der Waals surface area contributed by atoms with Crippen molar-refractivity contribution < 1.29 is 4.79 Å². The molecule has 7 heteroatoms. The minimum Gasteiger partial charge on any atom is -0.347 e. The van der Waals surface area contributed by atoms with Gasteiger partial charge in [-0.25, -0.2) is 4.68 Å². The first kappa shape index (κ1) is 15.3. The molecule has 2 heterocycles. The van der Waals surface area contributed by atoms with E-state index in [1.807, 2.05) is 23.6 Å². The number of carbonyl (C=O) groups is 1. The molecule has 0 saturated carbocycles. The minimum atomic E-state index is -0.148. The second-order valence-corrected chi connectivity index (χ2v) is 6.91. The van der Waals surface area contributed by atoms with E-state index in [0.717, 1.165) is 15.0 Å². The molecule has 0 atom stereocenters. The number of amides is 1. The van der Waals surface area contributed by atoms with E-state index in [4.69, 9.17) is 11.6 Å². The van der Waals surface area contributed by atoms with Crippen LogP contribution in [0, 0.1) is 0 Å². The van der Waals surface area contributed by atoms with Crippen LogP contribution in [0.4, 0.5) is 0 Å². The third-order valence-electron chi connectivity index (χ3n) is 2.98. The summed E-state index contributed by atoms with van der Waals surface area (Å²) < 4.78 is 2.67. The summed E-state index contributed by atoms with van der Waals surface area (Å²) in [5, 5.41) is 9.73. The van der Waals surface area contributed by atoms with Crippen molar-refractivity contribution in [1.82, 2.24) is 15.1 Å². The molecule has 1 N–H and O–H groups in total. The lowest BCUT2D eigenvalue weighted by atomic mass is 10.3. The van der Waals surface area contributed by atoms with E-state index in [0.29, 0.717) is 17.1 Å². The van der Waals surface area contributed by atoms with Crippen LogP contribution in [-0.2, 0) is 6.54 Å². The van der Waals surface area contributed by atoms with Gasteiger partial charge >= 0.3 is 0 Å². The Morgan fingerprint density at radius 1 is 1.36 bits per heavy atom. The molecule has 0 aliphatic heterocycles. The molecular weight excluding hydrogens is 386 g/mol. The first-order chi connectivity index (χ1) is 10.6. The van der Waals surface area contributed by atoms with Gasteiger partial charge < -0.3 is 5.32 Å². The number of aromatic nitrogens is 2. The average Bonchev–Trinajstić information content (AvgIpc) is 3.15. The second-order valence-electron chi connectivity index (χ2n) is 4.56. The van der Waals surface area contributed by atoms with Gasteiger partial charge in [0, 0.05) is 25.9 Å². The number of halogens is 2. The number of rotatable bonds is 4. The Kier molecular flexibility index (Phi) is 4.61. The van der Waals surface area contributed by atoms with Gasteiger partial charge in [-0.05, 0) is 46.3 Å². The molecule has 3 aromatic rings. The summed E-state index contributed by atoms with van der Waals surface area (Å²) in [5.41, 5.74) is 1.37. The fourth-order valence-electron chi connectivity index (χ4n) is 1.89. The maximum Gasteiger partial charge on any atom is 0.254 e. The first-order valence-electron chi connectivity index (χ1n) is 6.43. The van der Waals surface area contributed by atoms with Crippen LogP contribution in [0.1, 0.15) is 15.2 Å². The summed E-state index contributed by atoms with van der Waals surface area (Å²) in [6.45, 7) is 0.501. The Morgan fingerprint density at radius 2 is 2.14 bits per heavy atom. The van der Waals surface area contributed by atoms with Gasteiger partial charge in [0.2, 0.25) is 0 Å². The summed E-state index contributed by atoms with van der Waals surface area (Å²) in [7, 11) is 0. The lowest BCUT2D eigenvalue weighted by Gasteiger charge is -2.02. The maximum atomic E-state index is 12.1. The van der Waals surface area contributed by atoms with E-state index >= 15 is 0 Å². The standard InChI is InChI=1S/C15H11BrClN3OS/c16-11-5-14(22-9-11)7-18-15(21)10-6-19-20(8-10)13-3-1-12(17)2-4-13/h1-6,8-9H,7H2,(H,18,21). The zero-order valence-electron chi connectivity index (χ0n) is 11.3. The molecule has 1 aromatic carbocycles. The zero-order chi connectivity index (χ0) is 15.5.